The van der Waals surface area contributed by atoms with Gasteiger partial charge in [-0.2, -0.15) is 0 Å². The molecule has 1 unspecified atom stereocenters. The molecule has 0 saturated heterocycles. The molecular formula is C13H21N3O2. The number of aliphatic imine (C=N–C) groups is 1. The average Bonchev–Trinajstić information content (AvgIpc) is 2.37. The maximum Gasteiger partial charge on any atom is 0.186 e. The molecule has 0 heterocycles. The lowest BCUT2D eigenvalue weighted by Gasteiger charge is -2.09. The summed E-state index contributed by atoms with van der Waals surface area (Å²) in [5.74, 6) is -0.0152. The summed E-state index contributed by atoms with van der Waals surface area (Å²) >= 11 is 0. The number of hydrogen-bond donors (Lipinski definition) is 3. The first-order chi connectivity index (χ1) is 8.63. The lowest BCUT2D eigenvalue weighted by Crippen LogP contribution is -2.23. The number of guanidine groups is 1. The predicted molar refractivity (Wildman–Crippen MR) is 72.0 cm³/mol. The van der Waals surface area contributed by atoms with Gasteiger partial charge in [-0.15, -0.1) is 0 Å². The molecule has 0 saturated carbocycles. The van der Waals surface area contributed by atoms with Crippen LogP contribution >= 0.6 is 0 Å². The normalized spacial score (nSPS) is 12.1. The van der Waals surface area contributed by atoms with Gasteiger partial charge in [0.15, 0.2) is 5.96 Å². The zero-order valence-corrected chi connectivity index (χ0v) is 10.7. The molecule has 5 nitrogen and oxygen atoms in total. The Hall–Kier alpha value is -1.59. The first kappa shape index (κ1) is 14.5. The van der Waals surface area contributed by atoms with Crippen molar-refractivity contribution < 1.29 is 9.84 Å². The van der Waals surface area contributed by atoms with Gasteiger partial charge in [-0.1, -0.05) is 31.2 Å². The van der Waals surface area contributed by atoms with Gasteiger partial charge < -0.3 is 21.3 Å². The molecule has 1 aromatic rings. The summed E-state index contributed by atoms with van der Waals surface area (Å²) in [5.41, 5.74) is 12.3. The number of aliphatic hydroxyl groups excluding tert-OH is 1. The van der Waals surface area contributed by atoms with E-state index in [0.29, 0.717) is 6.61 Å². The highest BCUT2D eigenvalue weighted by atomic mass is 16.5. The van der Waals surface area contributed by atoms with Gasteiger partial charge in [0.05, 0.1) is 19.3 Å². The first-order valence-electron chi connectivity index (χ1n) is 6.03. The van der Waals surface area contributed by atoms with E-state index in [9.17, 15) is 5.11 Å². The Balaban J connectivity index is 2.51. The Morgan fingerprint density at radius 3 is 2.56 bits per heavy atom. The van der Waals surface area contributed by atoms with Gasteiger partial charge in [0.25, 0.3) is 0 Å². The average molecular weight is 251 g/mol. The number of benzene rings is 1. The summed E-state index contributed by atoms with van der Waals surface area (Å²) in [6.07, 6.45) is 0.327. The summed E-state index contributed by atoms with van der Waals surface area (Å²) < 4.78 is 5.43. The van der Waals surface area contributed by atoms with Gasteiger partial charge >= 0.3 is 0 Å². The van der Waals surface area contributed by atoms with Crippen molar-refractivity contribution >= 4 is 5.96 Å². The van der Waals surface area contributed by atoms with Crippen LogP contribution in [0.2, 0.25) is 0 Å². The molecule has 5 N–H and O–H groups in total. The highest BCUT2D eigenvalue weighted by molar-refractivity contribution is 5.75. The van der Waals surface area contributed by atoms with Gasteiger partial charge in [0.1, 0.15) is 0 Å². The van der Waals surface area contributed by atoms with E-state index in [1.165, 1.54) is 0 Å². The molecular weight excluding hydrogens is 230 g/mol. The third-order valence-corrected chi connectivity index (χ3v) is 2.43. The number of ether oxygens (including phenoxy) is 1. The molecule has 1 aromatic carbocycles. The zero-order chi connectivity index (χ0) is 13.4. The van der Waals surface area contributed by atoms with E-state index in [1.807, 2.05) is 24.3 Å². The molecule has 0 aliphatic carbocycles. The van der Waals surface area contributed by atoms with E-state index in [1.54, 1.807) is 0 Å². The van der Waals surface area contributed by atoms with Crippen LogP contribution in [0.15, 0.2) is 29.3 Å². The van der Waals surface area contributed by atoms with Crippen LogP contribution < -0.4 is 11.5 Å². The predicted octanol–water partition coefficient (Wildman–Crippen LogP) is 0.920. The number of nitrogens with zero attached hydrogens (tertiary/aromatic N) is 1. The quantitative estimate of drug-likeness (QED) is 0.381. The van der Waals surface area contributed by atoms with Crippen molar-refractivity contribution in [3.63, 3.8) is 0 Å². The Labute approximate surface area is 107 Å². The van der Waals surface area contributed by atoms with Crippen LogP contribution in [-0.4, -0.2) is 24.2 Å². The Bertz CT molecular complexity index is 372. The van der Waals surface area contributed by atoms with Crippen molar-refractivity contribution in [2.45, 2.75) is 26.1 Å². The molecule has 0 fully saturated rings. The largest absolute Gasteiger partial charge is 0.386 e. The fourth-order valence-corrected chi connectivity index (χ4v) is 1.47. The van der Waals surface area contributed by atoms with Crippen molar-refractivity contribution in [3.8, 4) is 0 Å². The first-order valence-corrected chi connectivity index (χ1v) is 6.03. The van der Waals surface area contributed by atoms with Gasteiger partial charge in [-0.25, -0.2) is 0 Å². The van der Waals surface area contributed by atoms with Crippen LogP contribution in [0.3, 0.4) is 0 Å². The second-order valence-corrected chi connectivity index (χ2v) is 4.08. The van der Waals surface area contributed by atoms with Crippen molar-refractivity contribution in [1.29, 1.82) is 0 Å². The molecule has 18 heavy (non-hydrogen) atoms. The van der Waals surface area contributed by atoms with Crippen molar-refractivity contribution in [2.24, 2.45) is 16.5 Å². The monoisotopic (exact) mass is 251 g/mol. The number of nitrogens with two attached hydrogens (primary N) is 2. The van der Waals surface area contributed by atoms with Gasteiger partial charge in [-0.3, -0.25) is 4.99 Å². The third-order valence-electron chi connectivity index (χ3n) is 2.43. The molecule has 0 bridgehead atoms. The fourth-order valence-electron chi connectivity index (χ4n) is 1.47. The molecule has 0 aliphatic rings. The van der Waals surface area contributed by atoms with E-state index >= 15 is 0 Å². The lowest BCUT2D eigenvalue weighted by molar-refractivity contribution is 0.121. The summed E-state index contributed by atoms with van der Waals surface area (Å²) in [6, 6.07) is 7.59. The third kappa shape index (κ3) is 5.16. The van der Waals surface area contributed by atoms with Gasteiger partial charge in [0.2, 0.25) is 0 Å². The van der Waals surface area contributed by atoms with Crippen LogP contribution in [0, 0.1) is 0 Å². The van der Waals surface area contributed by atoms with Crippen LogP contribution in [0.25, 0.3) is 0 Å². The zero-order valence-electron chi connectivity index (χ0n) is 10.7. The summed E-state index contributed by atoms with van der Waals surface area (Å²) in [7, 11) is 0. The Morgan fingerprint density at radius 1 is 1.33 bits per heavy atom. The number of rotatable bonds is 7. The van der Waals surface area contributed by atoms with Crippen LogP contribution in [0.4, 0.5) is 0 Å². The molecule has 0 radical (unpaired) electrons. The van der Waals surface area contributed by atoms with Crippen LogP contribution in [-0.2, 0) is 11.3 Å². The van der Waals surface area contributed by atoms with E-state index in [4.69, 9.17) is 16.2 Å². The fraction of sp³-hybridized carbons (Fsp3) is 0.462. The molecule has 0 aliphatic heterocycles. The molecule has 0 aromatic heterocycles. The summed E-state index contributed by atoms with van der Waals surface area (Å²) in [6.45, 7) is 3.60. The molecule has 0 amide bonds. The topological polar surface area (TPSA) is 93.9 Å². The smallest absolute Gasteiger partial charge is 0.186 e. The van der Waals surface area contributed by atoms with E-state index in [0.717, 1.165) is 24.2 Å². The Morgan fingerprint density at radius 2 is 2.00 bits per heavy atom. The van der Waals surface area contributed by atoms with Crippen molar-refractivity contribution in [1.82, 2.24) is 0 Å². The summed E-state index contributed by atoms with van der Waals surface area (Å²) in [5, 5.41) is 9.82. The standard InChI is InChI=1S/C13H21N3O2/c1-2-7-18-9-10-3-5-11(6-4-10)12(17)8-16-13(14)15/h3-6,12,17H,2,7-9H2,1H3,(H4,14,15,16). The van der Waals surface area contributed by atoms with Gasteiger partial charge in [-0.05, 0) is 17.5 Å². The summed E-state index contributed by atoms with van der Waals surface area (Å²) in [4.78, 5) is 3.78. The SMILES string of the molecule is CCCOCc1ccc(C(O)CN=C(N)N)cc1. The number of aliphatic hydroxyl groups is 1. The minimum absolute atomic E-state index is 0.0152. The molecule has 5 heteroatoms. The molecule has 0 spiro atoms. The second-order valence-electron chi connectivity index (χ2n) is 4.08. The Kier molecular flexibility index (Phi) is 6.18. The molecule has 1 atom stereocenters. The minimum atomic E-state index is -0.683. The van der Waals surface area contributed by atoms with Crippen LogP contribution in [0.5, 0.6) is 0 Å². The highest BCUT2D eigenvalue weighted by Crippen LogP contribution is 2.14. The highest BCUT2D eigenvalue weighted by Gasteiger charge is 2.06. The maximum absolute atomic E-state index is 9.82. The number of hydrogen-bond acceptors (Lipinski definition) is 3. The van der Waals surface area contributed by atoms with Crippen molar-refractivity contribution in [3.05, 3.63) is 35.4 Å². The lowest BCUT2D eigenvalue weighted by atomic mass is 10.1. The van der Waals surface area contributed by atoms with E-state index < -0.39 is 6.10 Å². The minimum Gasteiger partial charge on any atom is -0.386 e. The second kappa shape index (κ2) is 7.68. The maximum atomic E-state index is 9.82. The van der Waals surface area contributed by atoms with E-state index in [2.05, 4.69) is 11.9 Å². The van der Waals surface area contributed by atoms with E-state index in [-0.39, 0.29) is 12.5 Å². The van der Waals surface area contributed by atoms with Crippen molar-refractivity contribution in [2.75, 3.05) is 13.2 Å². The van der Waals surface area contributed by atoms with Gasteiger partial charge in [0, 0.05) is 6.61 Å². The molecule has 1 rings (SSSR count). The van der Waals surface area contributed by atoms with Crippen LogP contribution in [0.1, 0.15) is 30.6 Å². The molecule has 100 valence electrons.